The Morgan fingerprint density at radius 3 is 2.47 bits per heavy atom. The molecule has 0 fully saturated rings. The Hall–Kier alpha value is -1.84. The minimum absolute atomic E-state index is 0.00342. The van der Waals surface area contributed by atoms with Gasteiger partial charge in [0.2, 0.25) is 0 Å². The second kappa shape index (κ2) is 6.92. The van der Waals surface area contributed by atoms with Gasteiger partial charge in [0.05, 0.1) is 6.61 Å². The van der Waals surface area contributed by atoms with E-state index in [4.69, 9.17) is 4.74 Å². The van der Waals surface area contributed by atoms with Crippen molar-refractivity contribution in [1.29, 1.82) is 0 Å². The van der Waals surface area contributed by atoms with Gasteiger partial charge in [-0.05, 0) is 39.3 Å². The predicted octanol–water partition coefficient (Wildman–Crippen LogP) is 2.33. The van der Waals surface area contributed by atoms with E-state index >= 15 is 0 Å². The Labute approximate surface area is 114 Å². The summed E-state index contributed by atoms with van der Waals surface area (Å²) in [7, 11) is 0. The summed E-state index contributed by atoms with van der Waals surface area (Å²) in [6.45, 7) is 8.24. The Morgan fingerprint density at radius 1 is 1.21 bits per heavy atom. The standard InChI is InChI=1S/C15H21NO3/c1-5-16(10-14(17)19-6-2)15(18)13-9-11(3)7-8-12(13)4/h7-9H,5-6,10H2,1-4H3. The van der Waals surface area contributed by atoms with E-state index in [-0.39, 0.29) is 18.4 Å². The van der Waals surface area contributed by atoms with Crippen molar-refractivity contribution in [1.82, 2.24) is 4.90 Å². The lowest BCUT2D eigenvalue weighted by Gasteiger charge is -2.21. The zero-order valence-corrected chi connectivity index (χ0v) is 12.0. The first-order valence-corrected chi connectivity index (χ1v) is 6.51. The summed E-state index contributed by atoms with van der Waals surface area (Å²) in [6.07, 6.45) is 0. The van der Waals surface area contributed by atoms with Crippen LogP contribution in [0.5, 0.6) is 0 Å². The molecule has 0 aliphatic rings. The van der Waals surface area contributed by atoms with Crippen molar-refractivity contribution < 1.29 is 14.3 Å². The van der Waals surface area contributed by atoms with Gasteiger partial charge in [-0.1, -0.05) is 17.7 Å². The van der Waals surface area contributed by atoms with Gasteiger partial charge in [0.1, 0.15) is 6.54 Å². The molecule has 0 unspecified atom stereocenters. The van der Waals surface area contributed by atoms with Gasteiger partial charge < -0.3 is 9.64 Å². The molecule has 1 aromatic carbocycles. The van der Waals surface area contributed by atoms with Crippen molar-refractivity contribution in [2.45, 2.75) is 27.7 Å². The van der Waals surface area contributed by atoms with Crippen LogP contribution >= 0.6 is 0 Å². The van der Waals surface area contributed by atoms with Crippen LogP contribution in [0.4, 0.5) is 0 Å². The molecule has 1 amide bonds. The lowest BCUT2D eigenvalue weighted by atomic mass is 10.0. The van der Waals surface area contributed by atoms with Gasteiger partial charge in [-0.15, -0.1) is 0 Å². The largest absolute Gasteiger partial charge is 0.465 e. The molecule has 0 radical (unpaired) electrons. The lowest BCUT2D eigenvalue weighted by Crippen LogP contribution is -2.36. The molecular weight excluding hydrogens is 242 g/mol. The van der Waals surface area contributed by atoms with E-state index in [1.165, 1.54) is 4.90 Å². The van der Waals surface area contributed by atoms with Crippen LogP contribution in [0.3, 0.4) is 0 Å². The van der Waals surface area contributed by atoms with Crippen molar-refractivity contribution in [3.63, 3.8) is 0 Å². The third-order valence-electron chi connectivity index (χ3n) is 2.92. The summed E-state index contributed by atoms with van der Waals surface area (Å²) in [4.78, 5) is 25.4. The number of carbonyl (C=O) groups excluding carboxylic acids is 2. The zero-order chi connectivity index (χ0) is 14.4. The van der Waals surface area contributed by atoms with Crippen LogP contribution in [0, 0.1) is 13.8 Å². The highest BCUT2D eigenvalue weighted by atomic mass is 16.5. The smallest absolute Gasteiger partial charge is 0.325 e. The van der Waals surface area contributed by atoms with E-state index in [1.54, 1.807) is 6.92 Å². The molecule has 4 nitrogen and oxygen atoms in total. The highest BCUT2D eigenvalue weighted by Crippen LogP contribution is 2.13. The molecule has 0 saturated heterocycles. The van der Waals surface area contributed by atoms with Gasteiger partial charge in [-0.25, -0.2) is 0 Å². The third kappa shape index (κ3) is 4.09. The number of hydrogen-bond donors (Lipinski definition) is 0. The van der Waals surface area contributed by atoms with Crippen LogP contribution in [-0.4, -0.2) is 36.5 Å². The SMILES string of the molecule is CCOC(=O)CN(CC)C(=O)c1cc(C)ccc1C. The molecule has 1 aromatic rings. The number of esters is 1. The number of nitrogens with zero attached hydrogens (tertiary/aromatic N) is 1. The quantitative estimate of drug-likeness (QED) is 0.766. The normalized spacial score (nSPS) is 10.1. The second-order valence-electron chi connectivity index (χ2n) is 4.44. The van der Waals surface area contributed by atoms with E-state index in [1.807, 2.05) is 39.0 Å². The van der Waals surface area contributed by atoms with Gasteiger partial charge in [-0.3, -0.25) is 9.59 Å². The van der Waals surface area contributed by atoms with Crippen molar-refractivity contribution in [2.75, 3.05) is 19.7 Å². The summed E-state index contributed by atoms with van der Waals surface area (Å²) >= 11 is 0. The molecule has 0 spiro atoms. The molecule has 0 saturated carbocycles. The fourth-order valence-corrected chi connectivity index (χ4v) is 1.83. The number of hydrogen-bond acceptors (Lipinski definition) is 3. The van der Waals surface area contributed by atoms with Gasteiger partial charge in [-0.2, -0.15) is 0 Å². The summed E-state index contributed by atoms with van der Waals surface area (Å²) < 4.78 is 4.88. The minimum Gasteiger partial charge on any atom is -0.465 e. The molecular formula is C15H21NO3. The lowest BCUT2D eigenvalue weighted by molar-refractivity contribution is -0.143. The van der Waals surface area contributed by atoms with Crippen LogP contribution < -0.4 is 0 Å². The van der Waals surface area contributed by atoms with E-state index < -0.39 is 0 Å². The molecule has 0 atom stereocenters. The highest BCUT2D eigenvalue weighted by Gasteiger charge is 2.19. The average molecular weight is 263 g/mol. The monoisotopic (exact) mass is 263 g/mol. The fourth-order valence-electron chi connectivity index (χ4n) is 1.83. The number of amides is 1. The third-order valence-corrected chi connectivity index (χ3v) is 2.92. The molecule has 0 aliphatic carbocycles. The van der Waals surface area contributed by atoms with Crippen LogP contribution in [0.15, 0.2) is 18.2 Å². The molecule has 19 heavy (non-hydrogen) atoms. The van der Waals surface area contributed by atoms with Crippen LogP contribution in [-0.2, 0) is 9.53 Å². The van der Waals surface area contributed by atoms with Crippen LogP contribution in [0.25, 0.3) is 0 Å². The number of likely N-dealkylation sites (N-methyl/N-ethyl adjacent to an activating group) is 1. The van der Waals surface area contributed by atoms with Gasteiger partial charge >= 0.3 is 5.97 Å². The molecule has 0 bridgehead atoms. The van der Waals surface area contributed by atoms with E-state index in [9.17, 15) is 9.59 Å². The molecule has 0 N–H and O–H groups in total. The van der Waals surface area contributed by atoms with Crippen molar-refractivity contribution >= 4 is 11.9 Å². The summed E-state index contributed by atoms with van der Waals surface area (Å²) in [5, 5.41) is 0. The first kappa shape index (κ1) is 15.2. The second-order valence-corrected chi connectivity index (χ2v) is 4.44. The number of benzene rings is 1. The number of carbonyl (C=O) groups is 2. The van der Waals surface area contributed by atoms with E-state index in [0.717, 1.165) is 11.1 Å². The van der Waals surface area contributed by atoms with Crippen molar-refractivity contribution in [3.8, 4) is 0 Å². The highest BCUT2D eigenvalue weighted by molar-refractivity contribution is 5.97. The van der Waals surface area contributed by atoms with Crippen molar-refractivity contribution in [2.24, 2.45) is 0 Å². The van der Waals surface area contributed by atoms with Crippen molar-refractivity contribution in [3.05, 3.63) is 34.9 Å². The maximum absolute atomic E-state index is 12.4. The first-order valence-electron chi connectivity index (χ1n) is 6.51. The first-order chi connectivity index (χ1) is 8.99. The van der Waals surface area contributed by atoms with Crippen LogP contribution in [0.2, 0.25) is 0 Å². The Morgan fingerprint density at radius 2 is 1.89 bits per heavy atom. The summed E-state index contributed by atoms with van der Waals surface area (Å²) in [5.41, 5.74) is 2.59. The van der Waals surface area contributed by atoms with Gasteiger partial charge in [0.25, 0.3) is 5.91 Å². The van der Waals surface area contributed by atoms with E-state index in [0.29, 0.717) is 18.7 Å². The Balaban J connectivity index is 2.89. The summed E-state index contributed by atoms with van der Waals surface area (Å²) in [6, 6.07) is 5.74. The molecule has 0 heterocycles. The molecule has 0 aliphatic heterocycles. The maximum Gasteiger partial charge on any atom is 0.325 e. The zero-order valence-electron chi connectivity index (χ0n) is 12.0. The molecule has 4 heteroatoms. The minimum atomic E-state index is -0.372. The predicted molar refractivity (Wildman–Crippen MR) is 74.1 cm³/mol. The van der Waals surface area contributed by atoms with E-state index in [2.05, 4.69) is 0 Å². The topological polar surface area (TPSA) is 46.6 Å². The molecule has 1 rings (SSSR count). The Bertz CT molecular complexity index is 468. The molecule has 104 valence electrons. The van der Waals surface area contributed by atoms with Gasteiger partial charge in [0.15, 0.2) is 0 Å². The number of ether oxygens (including phenoxy) is 1. The molecule has 0 aromatic heterocycles. The number of aryl methyl sites for hydroxylation is 2. The average Bonchev–Trinajstić information content (AvgIpc) is 2.38. The van der Waals surface area contributed by atoms with Gasteiger partial charge in [0, 0.05) is 12.1 Å². The fraction of sp³-hybridized carbons (Fsp3) is 0.467. The van der Waals surface area contributed by atoms with Crippen LogP contribution in [0.1, 0.15) is 35.3 Å². The Kier molecular flexibility index (Phi) is 5.55. The summed E-state index contributed by atoms with van der Waals surface area (Å²) in [5.74, 6) is -0.500. The number of rotatable bonds is 5. The maximum atomic E-state index is 12.4.